The van der Waals surface area contributed by atoms with Crippen LogP contribution in [0, 0.1) is 0 Å². The Morgan fingerprint density at radius 2 is 1.78 bits per heavy atom. The Hall–Kier alpha value is -3.26. The molecule has 1 aromatic heterocycles. The predicted molar refractivity (Wildman–Crippen MR) is 124 cm³/mol. The smallest absolute Gasteiger partial charge is 0.254 e. The van der Waals surface area contributed by atoms with Crippen LogP contribution in [0.3, 0.4) is 0 Å². The van der Waals surface area contributed by atoms with Crippen molar-refractivity contribution in [2.45, 2.75) is 38.1 Å². The molecular weight excluding hydrogens is 424 g/mol. The van der Waals surface area contributed by atoms with Crippen LogP contribution in [0.1, 0.15) is 59.2 Å². The Morgan fingerprint density at radius 1 is 1.09 bits per heavy atom. The first-order valence-electron chi connectivity index (χ1n) is 10.4. The number of carbonyl (C=O) groups is 2. The summed E-state index contributed by atoms with van der Waals surface area (Å²) < 4.78 is 5.27. The molecule has 7 nitrogen and oxygen atoms in total. The predicted octanol–water partition coefficient (Wildman–Crippen LogP) is 4.39. The number of aromatic nitrogens is 2. The van der Waals surface area contributed by atoms with E-state index in [1.165, 1.54) is 11.3 Å². The van der Waals surface area contributed by atoms with Gasteiger partial charge in [0, 0.05) is 18.0 Å². The molecule has 1 N–H and O–H groups in total. The highest BCUT2D eigenvalue weighted by Crippen LogP contribution is 2.43. The fourth-order valence-corrected chi connectivity index (χ4v) is 4.74. The summed E-state index contributed by atoms with van der Waals surface area (Å²) in [5.74, 6) is -0.238. The Kier molecular flexibility index (Phi) is 5.73. The molecule has 1 aliphatic heterocycles. The molecule has 0 saturated heterocycles. The summed E-state index contributed by atoms with van der Waals surface area (Å²) in [6.45, 7) is 6.16. The molecule has 2 amide bonds. The van der Waals surface area contributed by atoms with Gasteiger partial charge in [0.25, 0.3) is 5.91 Å². The molecule has 0 aliphatic carbocycles. The van der Waals surface area contributed by atoms with Gasteiger partial charge in [-0.3, -0.25) is 14.9 Å². The summed E-state index contributed by atoms with van der Waals surface area (Å²) in [7, 11) is 3.34. The highest BCUT2D eigenvalue weighted by Gasteiger charge is 2.42. The molecule has 0 unspecified atom stereocenters. The molecule has 1 aliphatic rings. The Bertz CT molecular complexity index is 1150. The molecule has 0 saturated carbocycles. The first-order valence-corrected chi connectivity index (χ1v) is 11.2. The summed E-state index contributed by atoms with van der Waals surface area (Å²) in [4.78, 5) is 28.4. The monoisotopic (exact) mass is 450 g/mol. The lowest BCUT2D eigenvalue weighted by atomic mass is 9.79. The summed E-state index contributed by atoms with van der Waals surface area (Å²) in [5.41, 5.74) is 1.93. The number of hydrogen-bond acceptors (Lipinski definition) is 6. The van der Waals surface area contributed by atoms with E-state index in [1.807, 2.05) is 42.5 Å². The van der Waals surface area contributed by atoms with Crippen molar-refractivity contribution in [1.29, 1.82) is 0 Å². The lowest BCUT2D eigenvalue weighted by Gasteiger charge is -2.39. The number of likely N-dealkylation sites (N-methyl/N-ethyl adjacent to an activating group) is 1. The van der Waals surface area contributed by atoms with Gasteiger partial charge in [0.2, 0.25) is 11.0 Å². The average molecular weight is 451 g/mol. The third-order valence-electron chi connectivity index (χ3n) is 5.62. The van der Waals surface area contributed by atoms with Crippen molar-refractivity contribution in [1.82, 2.24) is 15.1 Å². The van der Waals surface area contributed by atoms with E-state index < -0.39 is 12.0 Å². The molecule has 4 rings (SSSR count). The van der Waals surface area contributed by atoms with Crippen LogP contribution < -0.4 is 10.1 Å². The van der Waals surface area contributed by atoms with Gasteiger partial charge in [0.15, 0.2) is 0 Å². The van der Waals surface area contributed by atoms with Crippen LogP contribution in [0.15, 0.2) is 48.5 Å². The second-order valence-electron chi connectivity index (χ2n) is 8.85. The average Bonchev–Trinajstić information content (AvgIpc) is 3.25. The molecule has 166 valence electrons. The Morgan fingerprint density at radius 3 is 2.41 bits per heavy atom. The number of rotatable bonds is 4. The minimum Gasteiger partial charge on any atom is -0.497 e. The molecule has 0 bridgehead atoms. The number of nitrogens with one attached hydrogen (secondary N) is 1. The van der Waals surface area contributed by atoms with E-state index in [1.54, 1.807) is 25.1 Å². The molecule has 2 atom stereocenters. The lowest BCUT2D eigenvalue weighted by molar-refractivity contribution is -0.119. The van der Waals surface area contributed by atoms with Crippen LogP contribution >= 0.6 is 11.3 Å². The van der Waals surface area contributed by atoms with Crippen LogP contribution in [0.2, 0.25) is 0 Å². The van der Waals surface area contributed by atoms with Crippen LogP contribution in [0.5, 0.6) is 5.75 Å². The second kappa shape index (κ2) is 8.35. The number of anilines is 1. The van der Waals surface area contributed by atoms with Crippen molar-refractivity contribution in [3.63, 3.8) is 0 Å². The Labute approximate surface area is 191 Å². The summed E-state index contributed by atoms with van der Waals surface area (Å²) in [6, 6.07) is 14.3. The minimum atomic E-state index is -0.607. The number of ether oxygens (including phenoxy) is 1. The van der Waals surface area contributed by atoms with E-state index in [0.717, 1.165) is 10.6 Å². The van der Waals surface area contributed by atoms with Crippen LogP contribution in [0.25, 0.3) is 0 Å². The zero-order valence-electron chi connectivity index (χ0n) is 18.7. The van der Waals surface area contributed by atoms with Crippen molar-refractivity contribution in [2.75, 3.05) is 19.5 Å². The molecule has 32 heavy (non-hydrogen) atoms. The summed E-state index contributed by atoms with van der Waals surface area (Å²) in [5, 5.41) is 12.6. The quantitative estimate of drug-likeness (QED) is 0.637. The maximum atomic E-state index is 13.6. The van der Waals surface area contributed by atoms with E-state index in [-0.39, 0.29) is 17.2 Å². The number of amides is 2. The Balaban J connectivity index is 1.75. The first-order chi connectivity index (χ1) is 15.2. The van der Waals surface area contributed by atoms with E-state index in [2.05, 4.69) is 36.3 Å². The summed E-state index contributed by atoms with van der Waals surface area (Å²) in [6.07, 6.45) is 0. The number of methoxy groups -OCH3 is 1. The maximum Gasteiger partial charge on any atom is 0.254 e. The van der Waals surface area contributed by atoms with Gasteiger partial charge >= 0.3 is 0 Å². The van der Waals surface area contributed by atoms with Crippen molar-refractivity contribution < 1.29 is 14.3 Å². The molecule has 0 spiro atoms. The van der Waals surface area contributed by atoms with Gasteiger partial charge in [-0.2, -0.15) is 0 Å². The van der Waals surface area contributed by atoms with E-state index in [4.69, 9.17) is 4.74 Å². The number of nitrogens with zero attached hydrogens (tertiary/aromatic N) is 3. The summed E-state index contributed by atoms with van der Waals surface area (Å²) >= 11 is 1.37. The van der Waals surface area contributed by atoms with Crippen LogP contribution in [-0.4, -0.2) is 41.1 Å². The largest absolute Gasteiger partial charge is 0.497 e. The van der Waals surface area contributed by atoms with Gasteiger partial charge in [-0.25, -0.2) is 0 Å². The van der Waals surface area contributed by atoms with Gasteiger partial charge < -0.3 is 9.64 Å². The molecule has 3 aromatic rings. The van der Waals surface area contributed by atoms with Gasteiger partial charge in [-0.05, 0) is 29.3 Å². The van der Waals surface area contributed by atoms with Crippen LogP contribution in [0.4, 0.5) is 5.13 Å². The normalized spacial score (nSPS) is 18.3. The first kappa shape index (κ1) is 22.0. The lowest BCUT2D eigenvalue weighted by Crippen LogP contribution is -2.44. The number of hydrogen-bond donors (Lipinski definition) is 1. The third kappa shape index (κ3) is 3.98. The molecule has 2 aromatic carbocycles. The van der Waals surface area contributed by atoms with Crippen LogP contribution in [-0.2, 0) is 10.2 Å². The van der Waals surface area contributed by atoms with Gasteiger partial charge in [-0.15, -0.1) is 10.2 Å². The van der Waals surface area contributed by atoms with E-state index >= 15 is 0 Å². The van der Waals surface area contributed by atoms with Gasteiger partial charge in [0.1, 0.15) is 10.8 Å². The zero-order chi connectivity index (χ0) is 23.0. The molecule has 8 heteroatoms. The van der Waals surface area contributed by atoms with Crippen molar-refractivity contribution in [3.05, 3.63) is 70.2 Å². The molecule has 0 fully saturated rings. The third-order valence-corrected chi connectivity index (χ3v) is 6.88. The molecule has 0 radical (unpaired) electrons. The number of carbonyl (C=O) groups excluding carboxylic acids is 2. The molecular formula is C24H26N4O3S. The zero-order valence-corrected chi connectivity index (χ0v) is 19.6. The fraction of sp³-hybridized carbons (Fsp3) is 0.333. The minimum absolute atomic E-state index is 0.114. The highest BCUT2D eigenvalue weighted by molar-refractivity contribution is 7.15. The number of benzene rings is 2. The standard InChI is InChI=1S/C24H26N4O3S/c1-24(2,3)22-26-27-23(32-22)25-20(29)18-16-8-6-7-9-17(16)21(30)28(4)19(18)14-10-12-15(31-5)13-11-14/h6-13,18-19H,1-5H3,(H,25,27,29)/t18-,19+/m0/s1. The number of fused-ring (bicyclic) bond motifs is 1. The van der Waals surface area contributed by atoms with Gasteiger partial charge in [-0.1, -0.05) is 62.4 Å². The highest BCUT2D eigenvalue weighted by atomic mass is 32.1. The van der Waals surface area contributed by atoms with Crippen molar-refractivity contribution in [3.8, 4) is 5.75 Å². The second-order valence-corrected chi connectivity index (χ2v) is 9.83. The maximum absolute atomic E-state index is 13.6. The van der Waals surface area contributed by atoms with E-state index in [9.17, 15) is 9.59 Å². The fourth-order valence-electron chi connectivity index (χ4n) is 3.93. The van der Waals surface area contributed by atoms with Crippen molar-refractivity contribution >= 4 is 28.3 Å². The van der Waals surface area contributed by atoms with E-state index in [0.29, 0.717) is 22.0 Å². The van der Waals surface area contributed by atoms with Gasteiger partial charge in [0.05, 0.1) is 19.1 Å². The SMILES string of the molecule is COc1ccc([C@@H]2[C@@H](C(=O)Nc3nnc(C(C)(C)C)s3)c3ccccc3C(=O)N2C)cc1. The topological polar surface area (TPSA) is 84.4 Å². The van der Waals surface area contributed by atoms with Crippen molar-refractivity contribution in [2.24, 2.45) is 0 Å². The molecule has 2 heterocycles.